The Kier molecular flexibility index (Phi) is 6.12. The molecule has 0 aliphatic carbocycles. The zero-order valence-corrected chi connectivity index (χ0v) is 13.4. The first-order chi connectivity index (χ1) is 9.20. The number of nitrogens with one attached hydrogen (secondary N) is 1. The first-order valence-corrected chi connectivity index (χ1v) is 8.47. The summed E-state index contributed by atoms with van der Waals surface area (Å²) in [5, 5.41) is 8.57. The van der Waals surface area contributed by atoms with Crippen LogP contribution in [0.2, 0.25) is 0 Å². The minimum atomic E-state index is -3.64. The summed E-state index contributed by atoms with van der Waals surface area (Å²) in [6.07, 6.45) is 0.403. The molecule has 0 aromatic carbocycles. The molecule has 0 aliphatic heterocycles. The normalized spacial score (nSPS) is 13.6. The van der Waals surface area contributed by atoms with E-state index in [1.54, 1.807) is 18.3 Å². The van der Waals surface area contributed by atoms with E-state index >= 15 is 0 Å². The molecule has 0 saturated carbocycles. The topological polar surface area (TPSA) is 86.7 Å². The second kappa shape index (κ2) is 7.16. The molecule has 0 fully saturated rings. The monoisotopic (exact) mass is 320 g/mol. The van der Waals surface area contributed by atoms with E-state index in [1.807, 2.05) is 19.1 Å². The number of nitrogens with zero attached hydrogens (tertiary/aromatic N) is 1. The first kappa shape index (κ1) is 17.1. The van der Waals surface area contributed by atoms with Crippen LogP contribution >= 0.6 is 11.3 Å². The number of hydrogen-bond donors (Lipinski definition) is 2. The van der Waals surface area contributed by atoms with Crippen LogP contribution in [0.15, 0.2) is 12.1 Å². The lowest BCUT2D eigenvalue weighted by molar-refractivity contribution is -0.137. The Morgan fingerprint density at radius 1 is 1.50 bits per heavy atom. The highest BCUT2D eigenvalue weighted by molar-refractivity contribution is 7.87. The molecular weight excluding hydrogens is 300 g/mol. The van der Waals surface area contributed by atoms with Crippen LogP contribution in [0.4, 0.5) is 0 Å². The molecule has 0 saturated heterocycles. The van der Waals surface area contributed by atoms with Gasteiger partial charge < -0.3 is 5.11 Å². The van der Waals surface area contributed by atoms with Crippen molar-refractivity contribution in [2.24, 2.45) is 0 Å². The third kappa shape index (κ3) is 5.58. The van der Waals surface area contributed by atoms with E-state index in [2.05, 4.69) is 4.72 Å². The molecule has 0 radical (unpaired) electrons. The molecule has 1 heterocycles. The summed E-state index contributed by atoms with van der Waals surface area (Å²) >= 11 is 1.64. The summed E-state index contributed by atoms with van der Waals surface area (Å²) in [6.45, 7) is 3.75. The lowest BCUT2D eigenvalue weighted by Gasteiger charge is -2.20. The number of carboxylic acid groups (broad SMARTS) is 1. The van der Waals surface area contributed by atoms with E-state index in [1.165, 1.54) is 11.9 Å². The fraction of sp³-hybridized carbons (Fsp3) is 0.583. The average molecular weight is 320 g/mol. The summed E-state index contributed by atoms with van der Waals surface area (Å²) in [5.74, 6) is -1.02. The predicted molar refractivity (Wildman–Crippen MR) is 79.2 cm³/mol. The van der Waals surface area contributed by atoms with Crippen molar-refractivity contribution in [1.82, 2.24) is 9.03 Å². The van der Waals surface area contributed by atoms with Gasteiger partial charge in [0.25, 0.3) is 10.2 Å². The summed E-state index contributed by atoms with van der Waals surface area (Å²) in [6, 6.07) is 3.74. The van der Waals surface area contributed by atoms with E-state index in [4.69, 9.17) is 5.11 Å². The van der Waals surface area contributed by atoms with E-state index in [-0.39, 0.29) is 19.0 Å². The number of carboxylic acids is 1. The summed E-state index contributed by atoms with van der Waals surface area (Å²) < 4.78 is 27.5. The van der Waals surface area contributed by atoms with Gasteiger partial charge >= 0.3 is 5.97 Å². The molecule has 0 aliphatic rings. The Labute approximate surface area is 123 Å². The van der Waals surface area contributed by atoms with Crippen LogP contribution < -0.4 is 4.72 Å². The summed E-state index contributed by atoms with van der Waals surface area (Å²) in [7, 11) is -2.28. The maximum atomic E-state index is 12.0. The maximum Gasteiger partial charge on any atom is 0.304 e. The predicted octanol–water partition coefficient (Wildman–Crippen LogP) is 1.23. The van der Waals surface area contributed by atoms with Gasteiger partial charge in [0.05, 0.1) is 6.42 Å². The van der Waals surface area contributed by atoms with Crippen molar-refractivity contribution in [1.29, 1.82) is 0 Å². The molecule has 0 bridgehead atoms. The molecule has 2 N–H and O–H groups in total. The second-order valence-corrected chi connectivity index (χ2v) is 7.89. The molecule has 20 heavy (non-hydrogen) atoms. The van der Waals surface area contributed by atoms with Gasteiger partial charge in [-0.15, -0.1) is 11.3 Å². The molecule has 0 spiro atoms. The smallest absolute Gasteiger partial charge is 0.304 e. The third-order valence-electron chi connectivity index (χ3n) is 2.70. The molecule has 0 amide bonds. The van der Waals surface area contributed by atoms with Crippen molar-refractivity contribution in [3.8, 4) is 0 Å². The molecule has 1 atom stereocenters. The Morgan fingerprint density at radius 3 is 2.65 bits per heavy atom. The van der Waals surface area contributed by atoms with Crippen molar-refractivity contribution in [3.05, 3.63) is 21.9 Å². The fourth-order valence-electron chi connectivity index (χ4n) is 1.66. The van der Waals surface area contributed by atoms with Crippen LogP contribution in [0, 0.1) is 6.92 Å². The average Bonchev–Trinajstić information content (AvgIpc) is 2.70. The van der Waals surface area contributed by atoms with Gasteiger partial charge in [0.2, 0.25) is 0 Å². The highest BCUT2D eigenvalue weighted by atomic mass is 32.2. The van der Waals surface area contributed by atoms with Crippen LogP contribution in [-0.4, -0.2) is 43.4 Å². The molecule has 1 rings (SSSR count). The SMILES string of the molecule is Cc1ccc(CC(C)NS(=O)(=O)N(C)CCC(=O)O)s1. The highest BCUT2D eigenvalue weighted by Crippen LogP contribution is 2.17. The van der Waals surface area contributed by atoms with Crippen LogP contribution in [0.3, 0.4) is 0 Å². The standard InChI is InChI=1S/C12H20N2O4S2/c1-9(8-11-5-4-10(2)19-11)13-20(17,18)14(3)7-6-12(15)16/h4-5,9,13H,6-8H2,1-3H3,(H,15,16). The van der Waals surface area contributed by atoms with Crippen molar-refractivity contribution in [2.75, 3.05) is 13.6 Å². The number of aryl methyl sites for hydroxylation is 1. The zero-order chi connectivity index (χ0) is 15.3. The molecule has 6 nitrogen and oxygen atoms in total. The van der Waals surface area contributed by atoms with E-state index < -0.39 is 16.2 Å². The summed E-state index contributed by atoms with van der Waals surface area (Å²) in [4.78, 5) is 12.8. The molecular formula is C12H20N2O4S2. The minimum absolute atomic E-state index is 0.0461. The maximum absolute atomic E-state index is 12.0. The lowest BCUT2D eigenvalue weighted by Crippen LogP contribution is -2.43. The Balaban J connectivity index is 2.54. The summed E-state index contributed by atoms with van der Waals surface area (Å²) in [5.41, 5.74) is 0. The van der Waals surface area contributed by atoms with E-state index in [0.717, 1.165) is 9.18 Å². The van der Waals surface area contributed by atoms with Gasteiger partial charge in [-0.05, 0) is 32.4 Å². The Bertz CT molecular complexity index is 554. The van der Waals surface area contributed by atoms with Gasteiger partial charge in [-0.1, -0.05) is 0 Å². The van der Waals surface area contributed by atoms with Crippen molar-refractivity contribution in [3.63, 3.8) is 0 Å². The molecule has 114 valence electrons. The molecule has 8 heteroatoms. The van der Waals surface area contributed by atoms with Crippen molar-refractivity contribution < 1.29 is 18.3 Å². The number of aliphatic carboxylic acids is 1. The quantitative estimate of drug-likeness (QED) is 0.754. The van der Waals surface area contributed by atoms with Crippen molar-refractivity contribution in [2.45, 2.75) is 32.7 Å². The van der Waals surface area contributed by atoms with Gasteiger partial charge in [0.1, 0.15) is 0 Å². The largest absolute Gasteiger partial charge is 0.481 e. The van der Waals surface area contributed by atoms with Crippen molar-refractivity contribution >= 4 is 27.5 Å². The van der Waals surface area contributed by atoms with Gasteiger partial charge in [-0.2, -0.15) is 17.4 Å². The Hall–Kier alpha value is -0.960. The zero-order valence-electron chi connectivity index (χ0n) is 11.8. The van der Waals surface area contributed by atoms with Gasteiger partial charge in [-0.3, -0.25) is 4.79 Å². The number of carbonyl (C=O) groups is 1. The van der Waals surface area contributed by atoms with Gasteiger partial charge in [0.15, 0.2) is 0 Å². The van der Waals surface area contributed by atoms with Crippen LogP contribution in [-0.2, 0) is 21.4 Å². The van der Waals surface area contributed by atoms with E-state index in [0.29, 0.717) is 6.42 Å². The van der Waals surface area contributed by atoms with Gasteiger partial charge in [0, 0.05) is 29.4 Å². The second-order valence-electron chi connectivity index (χ2n) is 4.71. The third-order valence-corrected chi connectivity index (χ3v) is 5.43. The van der Waals surface area contributed by atoms with Crippen LogP contribution in [0.25, 0.3) is 0 Å². The number of hydrogen-bond acceptors (Lipinski definition) is 4. The highest BCUT2D eigenvalue weighted by Gasteiger charge is 2.21. The fourth-order valence-corrected chi connectivity index (χ4v) is 3.78. The lowest BCUT2D eigenvalue weighted by atomic mass is 10.2. The van der Waals surface area contributed by atoms with Crippen LogP contribution in [0.5, 0.6) is 0 Å². The molecule has 1 unspecified atom stereocenters. The Morgan fingerprint density at radius 2 is 2.15 bits per heavy atom. The van der Waals surface area contributed by atoms with E-state index in [9.17, 15) is 13.2 Å². The number of thiophene rings is 1. The first-order valence-electron chi connectivity index (χ1n) is 6.21. The molecule has 1 aromatic rings. The number of rotatable bonds is 8. The van der Waals surface area contributed by atoms with Crippen LogP contribution in [0.1, 0.15) is 23.1 Å². The minimum Gasteiger partial charge on any atom is -0.481 e. The molecule has 1 aromatic heterocycles. The van der Waals surface area contributed by atoms with Gasteiger partial charge in [-0.25, -0.2) is 0 Å².